The molecule has 0 aliphatic rings. The number of hydrogen-bond donors (Lipinski definition) is 3. The van der Waals surface area contributed by atoms with Crippen LogP contribution in [-0.4, -0.2) is 39.5 Å². The molecule has 0 atom stereocenters. The summed E-state index contributed by atoms with van der Waals surface area (Å²) in [4.78, 5) is 12.4. The van der Waals surface area contributed by atoms with Gasteiger partial charge in [0.15, 0.2) is 11.5 Å². The fourth-order valence-electron chi connectivity index (χ4n) is 3.33. The summed E-state index contributed by atoms with van der Waals surface area (Å²) in [6.07, 6.45) is 6.69. The maximum atomic E-state index is 12.4. The number of nitrogens with one attached hydrogen (secondary N) is 1. The van der Waals surface area contributed by atoms with Crippen LogP contribution in [0.4, 0.5) is 11.4 Å². The highest BCUT2D eigenvalue weighted by Gasteiger charge is 2.12. The lowest BCUT2D eigenvalue weighted by Gasteiger charge is -2.12. The molecule has 0 radical (unpaired) electrons. The van der Waals surface area contributed by atoms with Crippen molar-refractivity contribution < 1.29 is 28.8 Å². The third-order valence-electron chi connectivity index (χ3n) is 5.12. The van der Waals surface area contributed by atoms with Crippen LogP contribution in [0.3, 0.4) is 0 Å². The standard InChI is InChI=1S/C27H28N2O6/c1-32-23-14-18(7-10-20(23)28)9-12-26(31)29-21-13-17(8-11-22(21)30)5-6-19-15-24(33-2)27(35-4)25(16-19)34-3/h5-16,30H,28H2,1-4H3,(H,29,31)/b6-5+,12-9+. The number of carbonyl (C=O) groups is 1. The predicted octanol–water partition coefficient (Wildman–Crippen LogP) is 4.83. The molecule has 1 amide bonds. The molecule has 4 N–H and O–H groups in total. The maximum absolute atomic E-state index is 12.4. The first kappa shape index (κ1) is 25.0. The van der Waals surface area contributed by atoms with E-state index in [1.165, 1.54) is 19.3 Å². The van der Waals surface area contributed by atoms with E-state index in [1.807, 2.05) is 24.3 Å². The number of nitrogens with two attached hydrogens (primary N) is 1. The molecule has 0 fully saturated rings. The second-order valence-electron chi connectivity index (χ2n) is 7.39. The average Bonchev–Trinajstić information content (AvgIpc) is 2.87. The predicted molar refractivity (Wildman–Crippen MR) is 138 cm³/mol. The summed E-state index contributed by atoms with van der Waals surface area (Å²) in [7, 11) is 6.18. The minimum absolute atomic E-state index is 0.0501. The van der Waals surface area contributed by atoms with Gasteiger partial charge in [-0.05, 0) is 59.2 Å². The summed E-state index contributed by atoms with van der Waals surface area (Å²) in [5.41, 5.74) is 8.93. The molecule has 0 aromatic heterocycles. The summed E-state index contributed by atoms with van der Waals surface area (Å²) >= 11 is 0. The zero-order valence-corrected chi connectivity index (χ0v) is 20.0. The van der Waals surface area contributed by atoms with Crippen LogP contribution in [0, 0.1) is 0 Å². The molecule has 182 valence electrons. The van der Waals surface area contributed by atoms with Crippen LogP contribution in [0.15, 0.2) is 54.6 Å². The van der Waals surface area contributed by atoms with Crippen molar-refractivity contribution in [2.75, 3.05) is 39.5 Å². The monoisotopic (exact) mass is 476 g/mol. The van der Waals surface area contributed by atoms with E-state index in [9.17, 15) is 9.90 Å². The highest BCUT2D eigenvalue weighted by atomic mass is 16.5. The first-order chi connectivity index (χ1) is 16.9. The summed E-state index contributed by atoms with van der Waals surface area (Å²) in [5, 5.41) is 12.9. The Labute approximate surface area is 204 Å². The van der Waals surface area contributed by atoms with Crippen molar-refractivity contribution in [1.82, 2.24) is 0 Å². The van der Waals surface area contributed by atoms with E-state index in [0.29, 0.717) is 28.7 Å². The van der Waals surface area contributed by atoms with Crippen molar-refractivity contribution in [3.05, 3.63) is 71.3 Å². The van der Waals surface area contributed by atoms with E-state index in [0.717, 1.165) is 16.7 Å². The molecule has 0 heterocycles. The summed E-state index contributed by atoms with van der Waals surface area (Å²) < 4.78 is 21.3. The number of aromatic hydroxyl groups is 1. The molecular weight excluding hydrogens is 448 g/mol. The number of phenolic OH excluding ortho intramolecular Hbond substituents is 1. The maximum Gasteiger partial charge on any atom is 0.248 e. The van der Waals surface area contributed by atoms with Crippen LogP contribution < -0.4 is 30.0 Å². The van der Waals surface area contributed by atoms with Crippen molar-refractivity contribution >= 4 is 35.5 Å². The van der Waals surface area contributed by atoms with Gasteiger partial charge in [-0.15, -0.1) is 0 Å². The quantitative estimate of drug-likeness (QED) is 0.175. The fourth-order valence-corrected chi connectivity index (χ4v) is 3.33. The summed E-state index contributed by atoms with van der Waals surface area (Å²) in [6, 6.07) is 13.7. The first-order valence-electron chi connectivity index (χ1n) is 10.6. The highest BCUT2D eigenvalue weighted by Crippen LogP contribution is 2.38. The largest absolute Gasteiger partial charge is 0.506 e. The number of rotatable bonds is 9. The second-order valence-corrected chi connectivity index (χ2v) is 7.39. The number of ether oxygens (including phenoxy) is 4. The van der Waals surface area contributed by atoms with Crippen molar-refractivity contribution in [2.24, 2.45) is 0 Å². The highest BCUT2D eigenvalue weighted by molar-refractivity contribution is 6.03. The number of benzene rings is 3. The van der Waals surface area contributed by atoms with Gasteiger partial charge in [-0.3, -0.25) is 4.79 Å². The normalized spacial score (nSPS) is 11.0. The molecule has 0 bridgehead atoms. The number of nitrogen functional groups attached to an aromatic ring is 1. The van der Waals surface area contributed by atoms with Gasteiger partial charge < -0.3 is 35.1 Å². The SMILES string of the molecule is COc1cc(/C=C/C(=O)Nc2cc(/C=C/c3cc(OC)c(OC)c(OC)c3)ccc2O)ccc1N. The van der Waals surface area contributed by atoms with Gasteiger partial charge >= 0.3 is 0 Å². The minimum atomic E-state index is -0.401. The smallest absolute Gasteiger partial charge is 0.248 e. The molecular formula is C27H28N2O6. The minimum Gasteiger partial charge on any atom is -0.506 e. The number of hydrogen-bond acceptors (Lipinski definition) is 7. The second kappa shape index (κ2) is 11.5. The summed E-state index contributed by atoms with van der Waals surface area (Å²) in [6.45, 7) is 0. The van der Waals surface area contributed by atoms with E-state index < -0.39 is 5.91 Å². The third kappa shape index (κ3) is 6.26. The number of carbonyl (C=O) groups excluding carboxylic acids is 1. The van der Waals surface area contributed by atoms with E-state index >= 15 is 0 Å². The van der Waals surface area contributed by atoms with Gasteiger partial charge in [0.1, 0.15) is 11.5 Å². The van der Waals surface area contributed by atoms with Crippen molar-refractivity contribution in [3.63, 3.8) is 0 Å². The Kier molecular flexibility index (Phi) is 8.24. The van der Waals surface area contributed by atoms with Crippen molar-refractivity contribution in [3.8, 4) is 28.7 Å². The molecule has 0 saturated heterocycles. The molecule has 8 heteroatoms. The molecule has 3 aromatic rings. The molecule has 3 aromatic carbocycles. The number of phenols is 1. The fraction of sp³-hybridized carbons (Fsp3) is 0.148. The lowest BCUT2D eigenvalue weighted by molar-refractivity contribution is -0.111. The average molecular weight is 477 g/mol. The molecule has 0 aliphatic heterocycles. The lowest BCUT2D eigenvalue weighted by Crippen LogP contribution is -2.08. The number of anilines is 2. The van der Waals surface area contributed by atoms with Gasteiger partial charge in [0.25, 0.3) is 0 Å². The Bertz CT molecular complexity index is 1240. The Morgan fingerprint density at radius 1 is 0.771 bits per heavy atom. The van der Waals surface area contributed by atoms with Gasteiger partial charge in [-0.1, -0.05) is 24.3 Å². The van der Waals surface area contributed by atoms with Crippen LogP contribution in [0.1, 0.15) is 16.7 Å². The third-order valence-corrected chi connectivity index (χ3v) is 5.12. The van der Waals surface area contributed by atoms with E-state index in [1.54, 1.807) is 57.7 Å². The molecule has 35 heavy (non-hydrogen) atoms. The van der Waals surface area contributed by atoms with Gasteiger partial charge in [0, 0.05) is 6.08 Å². The van der Waals surface area contributed by atoms with Crippen LogP contribution in [0.5, 0.6) is 28.7 Å². The van der Waals surface area contributed by atoms with Crippen molar-refractivity contribution in [1.29, 1.82) is 0 Å². The number of amides is 1. The molecule has 0 unspecified atom stereocenters. The van der Waals surface area contributed by atoms with E-state index in [4.69, 9.17) is 24.7 Å². The Morgan fingerprint density at radius 3 is 1.97 bits per heavy atom. The van der Waals surface area contributed by atoms with Crippen LogP contribution in [0.25, 0.3) is 18.2 Å². The number of methoxy groups -OCH3 is 4. The van der Waals surface area contributed by atoms with Gasteiger partial charge in [0.2, 0.25) is 11.7 Å². The van der Waals surface area contributed by atoms with Gasteiger partial charge in [0.05, 0.1) is 39.8 Å². The Hall–Kier alpha value is -4.59. The molecule has 0 spiro atoms. The van der Waals surface area contributed by atoms with Gasteiger partial charge in [-0.25, -0.2) is 0 Å². The zero-order chi connectivity index (χ0) is 25.4. The van der Waals surface area contributed by atoms with E-state index in [-0.39, 0.29) is 11.4 Å². The molecule has 0 aliphatic carbocycles. The van der Waals surface area contributed by atoms with Gasteiger partial charge in [-0.2, -0.15) is 0 Å². The molecule has 0 saturated carbocycles. The molecule has 3 rings (SSSR count). The topological polar surface area (TPSA) is 112 Å². The lowest BCUT2D eigenvalue weighted by atomic mass is 10.1. The van der Waals surface area contributed by atoms with E-state index in [2.05, 4.69) is 5.32 Å². The van der Waals surface area contributed by atoms with Crippen molar-refractivity contribution in [2.45, 2.75) is 0 Å². The Morgan fingerprint density at radius 2 is 1.34 bits per heavy atom. The first-order valence-corrected chi connectivity index (χ1v) is 10.6. The Balaban J connectivity index is 1.77. The molecule has 8 nitrogen and oxygen atoms in total. The van der Waals surface area contributed by atoms with Crippen LogP contribution >= 0.6 is 0 Å². The van der Waals surface area contributed by atoms with Crippen LogP contribution in [0.2, 0.25) is 0 Å². The zero-order valence-electron chi connectivity index (χ0n) is 20.0. The van der Waals surface area contributed by atoms with Crippen LogP contribution in [-0.2, 0) is 4.79 Å². The summed E-state index contributed by atoms with van der Waals surface area (Å²) in [5.74, 6) is 1.66.